The molecule has 6 nitrogen and oxygen atoms in total. The maximum Gasteiger partial charge on any atom is 0.277 e. The topological polar surface area (TPSA) is 73.0 Å². The Kier molecular flexibility index (Phi) is 5.40. The average molecular weight is 379 g/mol. The lowest BCUT2D eigenvalue weighted by Gasteiger charge is -2.05. The molecule has 8 heteroatoms. The number of hydrogen-bond donors (Lipinski definition) is 1. The van der Waals surface area contributed by atoms with Gasteiger partial charge in [0.15, 0.2) is 5.69 Å². The number of nitrogens with one attached hydrogen (secondary N) is 1. The summed E-state index contributed by atoms with van der Waals surface area (Å²) in [6, 6.07) is 6.95. The summed E-state index contributed by atoms with van der Waals surface area (Å²) in [6.07, 6.45) is 4.96. The highest BCUT2D eigenvalue weighted by Crippen LogP contribution is 2.22. The van der Waals surface area contributed by atoms with Gasteiger partial charge in [0.25, 0.3) is 5.91 Å². The van der Waals surface area contributed by atoms with E-state index in [4.69, 9.17) is 27.7 Å². The van der Waals surface area contributed by atoms with Gasteiger partial charge in [0, 0.05) is 28.7 Å². The molecule has 0 unspecified atom stereocenters. The second-order valence-electron chi connectivity index (χ2n) is 5.54. The average Bonchev–Trinajstić information content (AvgIpc) is 3.20. The fourth-order valence-electron chi connectivity index (χ4n) is 2.32. The number of carbonyl (C=O) groups excluding carboxylic acids is 1. The van der Waals surface area contributed by atoms with Crippen molar-refractivity contribution in [1.29, 1.82) is 0 Å². The third-order valence-electron chi connectivity index (χ3n) is 3.53. The minimum Gasteiger partial charge on any atom is -0.361 e. The van der Waals surface area contributed by atoms with Gasteiger partial charge in [0.2, 0.25) is 0 Å². The standard InChI is InChI=1S/C17H16Cl2N4O2/c1-2-3-14-7-16(22-25-14)17(24)21-13-8-20-23(10-13)9-11-4-5-12(18)6-15(11)19/h4-8,10H,2-3,9H2,1H3,(H,21,24). The summed E-state index contributed by atoms with van der Waals surface area (Å²) < 4.78 is 6.79. The molecule has 0 spiro atoms. The maximum absolute atomic E-state index is 12.2. The van der Waals surface area contributed by atoms with Crippen molar-refractivity contribution in [3.63, 3.8) is 0 Å². The van der Waals surface area contributed by atoms with Crippen LogP contribution in [0, 0.1) is 0 Å². The van der Waals surface area contributed by atoms with Crippen LogP contribution in [-0.2, 0) is 13.0 Å². The number of amides is 1. The molecule has 0 radical (unpaired) electrons. The Labute approximate surface area is 154 Å². The smallest absolute Gasteiger partial charge is 0.277 e. The summed E-state index contributed by atoms with van der Waals surface area (Å²) in [6.45, 7) is 2.50. The van der Waals surface area contributed by atoms with Crippen molar-refractivity contribution >= 4 is 34.8 Å². The SMILES string of the molecule is CCCc1cc(C(=O)Nc2cnn(Cc3ccc(Cl)cc3Cl)c2)no1. The van der Waals surface area contributed by atoms with Crippen molar-refractivity contribution in [2.45, 2.75) is 26.3 Å². The number of rotatable bonds is 6. The zero-order chi connectivity index (χ0) is 17.8. The van der Waals surface area contributed by atoms with Crippen molar-refractivity contribution in [3.05, 3.63) is 63.7 Å². The van der Waals surface area contributed by atoms with Crippen LogP contribution in [0.4, 0.5) is 5.69 Å². The van der Waals surface area contributed by atoms with Crippen molar-refractivity contribution in [1.82, 2.24) is 14.9 Å². The van der Waals surface area contributed by atoms with Gasteiger partial charge in [0.05, 0.1) is 18.4 Å². The molecule has 25 heavy (non-hydrogen) atoms. The predicted octanol–water partition coefficient (Wildman–Crippen LogP) is 4.43. The molecule has 1 aromatic carbocycles. The first kappa shape index (κ1) is 17.5. The molecular weight excluding hydrogens is 363 g/mol. The van der Waals surface area contributed by atoms with Crippen LogP contribution < -0.4 is 5.32 Å². The lowest BCUT2D eigenvalue weighted by molar-refractivity contribution is 0.101. The Morgan fingerprint density at radius 3 is 2.92 bits per heavy atom. The van der Waals surface area contributed by atoms with Crippen LogP contribution in [-0.4, -0.2) is 20.8 Å². The van der Waals surface area contributed by atoms with Crippen molar-refractivity contribution in [2.24, 2.45) is 0 Å². The van der Waals surface area contributed by atoms with Crippen LogP contribution in [0.2, 0.25) is 10.0 Å². The molecule has 3 aromatic rings. The van der Waals surface area contributed by atoms with Gasteiger partial charge in [-0.1, -0.05) is 41.3 Å². The summed E-state index contributed by atoms with van der Waals surface area (Å²) in [5.41, 5.74) is 1.69. The normalized spacial score (nSPS) is 10.8. The van der Waals surface area contributed by atoms with Gasteiger partial charge < -0.3 is 9.84 Å². The Hall–Kier alpha value is -2.31. The Morgan fingerprint density at radius 1 is 1.32 bits per heavy atom. The van der Waals surface area contributed by atoms with Crippen LogP contribution in [0.3, 0.4) is 0 Å². The second kappa shape index (κ2) is 7.72. The van der Waals surface area contributed by atoms with Crippen LogP contribution in [0.1, 0.15) is 35.2 Å². The van der Waals surface area contributed by atoms with E-state index in [2.05, 4.69) is 15.6 Å². The van der Waals surface area contributed by atoms with E-state index in [1.54, 1.807) is 35.3 Å². The third kappa shape index (κ3) is 4.41. The molecule has 130 valence electrons. The minimum atomic E-state index is -0.338. The molecule has 0 aliphatic carbocycles. The second-order valence-corrected chi connectivity index (χ2v) is 6.39. The Morgan fingerprint density at radius 2 is 2.16 bits per heavy atom. The predicted molar refractivity (Wildman–Crippen MR) is 96.2 cm³/mol. The van der Waals surface area contributed by atoms with Gasteiger partial charge in [-0.25, -0.2) is 0 Å². The van der Waals surface area contributed by atoms with E-state index >= 15 is 0 Å². The van der Waals surface area contributed by atoms with Gasteiger partial charge in [-0.05, 0) is 24.1 Å². The molecule has 0 saturated heterocycles. The molecule has 0 aliphatic rings. The summed E-state index contributed by atoms with van der Waals surface area (Å²) in [5, 5.41) is 11.9. The quantitative estimate of drug-likeness (QED) is 0.688. The molecule has 1 N–H and O–H groups in total. The lowest BCUT2D eigenvalue weighted by atomic mass is 10.2. The van der Waals surface area contributed by atoms with Gasteiger partial charge in [-0.3, -0.25) is 9.48 Å². The first-order valence-electron chi connectivity index (χ1n) is 7.78. The molecule has 1 amide bonds. The van der Waals surface area contributed by atoms with Crippen LogP contribution in [0.15, 0.2) is 41.2 Å². The van der Waals surface area contributed by atoms with Crippen LogP contribution in [0.25, 0.3) is 0 Å². The number of hydrogen-bond acceptors (Lipinski definition) is 4. The van der Waals surface area contributed by atoms with E-state index in [-0.39, 0.29) is 11.6 Å². The number of aromatic nitrogens is 3. The fourth-order valence-corrected chi connectivity index (χ4v) is 2.79. The number of carbonyl (C=O) groups is 1. The Balaban J connectivity index is 1.65. The summed E-state index contributed by atoms with van der Waals surface area (Å²) >= 11 is 12.1. The lowest BCUT2D eigenvalue weighted by Crippen LogP contribution is -2.11. The van der Waals surface area contributed by atoms with E-state index in [1.807, 2.05) is 13.0 Å². The van der Waals surface area contributed by atoms with Crippen molar-refractivity contribution < 1.29 is 9.32 Å². The molecule has 0 atom stereocenters. The number of benzene rings is 1. The molecule has 0 fully saturated rings. The number of halogens is 2. The van der Waals surface area contributed by atoms with E-state index in [0.717, 1.165) is 18.4 Å². The first-order chi connectivity index (χ1) is 12.0. The van der Waals surface area contributed by atoms with E-state index in [0.29, 0.717) is 28.0 Å². The van der Waals surface area contributed by atoms with Gasteiger partial charge in [0.1, 0.15) is 5.76 Å². The van der Waals surface area contributed by atoms with Gasteiger partial charge in [-0.15, -0.1) is 0 Å². The van der Waals surface area contributed by atoms with E-state index in [9.17, 15) is 4.79 Å². The summed E-state index contributed by atoms with van der Waals surface area (Å²) in [7, 11) is 0. The number of aryl methyl sites for hydroxylation is 1. The molecule has 2 heterocycles. The molecule has 0 saturated carbocycles. The molecule has 0 aliphatic heterocycles. The molecule has 0 bridgehead atoms. The van der Waals surface area contributed by atoms with E-state index < -0.39 is 0 Å². The highest BCUT2D eigenvalue weighted by atomic mass is 35.5. The van der Waals surface area contributed by atoms with Crippen molar-refractivity contribution in [3.8, 4) is 0 Å². The molecular formula is C17H16Cl2N4O2. The number of nitrogens with zero attached hydrogens (tertiary/aromatic N) is 3. The van der Waals surface area contributed by atoms with Gasteiger partial charge >= 0.3 is 0 Å². The summed E-state index contributed by atoms with van der Waals surface area (Å²) in [5.74, 6) is 0.357. The minimum absolute atomic E-state index is 0.247. The van der Waals surface area contributed by atoms with Crippen LogP contribution in [0.5, 0.6) is 0 Å². The highest BCUT2D eigenvalue weighted by molar-refractivity contribution is 6.35. The maximum atomic E-state index is 12.2. The third-order valence-corrected chi connectivity index (χ3v) is 4.11. The first-order valence-corrected chi connectivity index (χ1v) is 8.54. The number of anilines is 1. The molecule has 3 rings (SSSR count). The van der Waals surface area contributed by atoms with Gasteiger partial charge in [-0.2, -0.15) is 5.10 Å². The highest BCUT2D eigenvalue weighted by Gasteiger charge is 2.13. The summed E-state index contributed by atoms with van der Waals surface area (Å²) in [4.78, 5) is 12.2. The van der Waals surface area contributed by atoms with E-state index in [1.165, 1.54) is 0 Å². The van der Waals surface area contributed by atoms with Crippen LogP contribution >= 0.6 is 23.2 Å². The monoisotopic (exact) mass is 378 g/mol. The molecule has 2 aromatic heterocycles. The Bertz CT molecular complexity index is 888. The zero-order valence-electron chi connectivity index (χ0n) is 13.5. The zero-order valence-corrected chi connectivity index (χ0v) is 15.0. The fraction of sp³-hybridized carbons (Fsp3) is 0.235. The van der Waals surface area contributed by atoms with Crippen molar-refractivity contribution in [2.75, 3.05) is 5.32 Å². The largest absolute Gasteiger partial charge is 0.361 e.